The molecule has 0 bridgehead atoms. The van der Waals surface area contributed by atoms with Gasteiger partial charge in [0.2, 0.25) is 24.1 Å². The lowest BCUT2D eigenvalue weighted by Crippen LogP contribution is -2.51. The van der Waals surface area contributed by atoms with Crippen molar-refractivity contribution in [3.05, 3.63) is 0 Å². The van der Waals surface area contributed by atoms with Crippen LogP contribution >= 0.6 is 0 Å². The number of carbonyl (C=O) groups is 5. The molecule has 27 heavy (non-hydrogen) atoms. The Hall–Kier alpha value is -2.69. The van der Waals surface area contributed by atoms with Gasteiger partial charge in [-0.25, -0.2) is 0 Å². The molecule has 11 heteroatoms. The molecule has 2 unspecified atom stereocenters. The molecule has 0 aromatic rings. The molecule has 0 heterocycles. The van der Waals surface area contributed by atoms with Gasteiger partial charge < -0.3 is 32.1 Å². The molecule has 0 fully saturated rings. The number of carbonyl (C=O) groups excluding carboxylic acids is 4. The van der Waals surface area contributed by atoms with Gasteiger partial charge in [0.15, 0.2) is 0 Å². The lowest BCUT2D eigenvalue weighted by atomic mass is 10.0. The molecular weight excluding hydrogens is 358 g/mol. The van der Waals surface area contributed by atoms with E-state index in [1.807, 2.05) is 13.8 Å². The van der Waals surface area contributed by atoms with E-state index in [0.29, 0.717) is 19.3 Å². The fourth-order valence-corrected chi connectivity index (χ4v) is 2.11. The van der Waals surface area contributed by atoms with E-state index >= 15 is 0 Å². The third-order valence-electron chi connectivity index (χ3n) is 3.46. The summed E-state index contributed by atoms with van der Waals surface area (Å²) in [5.74, 6) is -2.44. The van der Waals surface area contributed by atoms with Gasteiger partial charge in [0.1, 0.15) is 12.1 Å². The molecule has 0 saturated heterocycles. The molecule has 0 aromatic carbocycles. The zero-order valence-corrected chi connectivity index (χ0v) is 15.6. The fraction of sp³-hybridized carbons (Fsp3) is 0.688. The molecule has 2 atom stereocenters. The quantitative estimate of drug-likeness (QED) is 0.143. The predicted molar refractivity (Wildman–Crippen MR) is 96.3 cm³/mol. The molecule has 0 aliphatic carbocycles. The highest BCUT2D eigenvalue weighted by Gasteiger charge is 2.22. The standard InChI is InChI=1S/C16H29N5O6/c1-10(2)6-12(21-14(24)7-18-9-22)15(25)20-8-13(23)19-5-3-4-11(17)16(26)27/h9-12H,3-8,17H2,1-2H3,(H,18,22)(H,19,23)(H,20,25)(H,21,24)(H,26,27). The van der Waals surface area contributed by atoms with Gasteiger partial charge in [-0.2, -0.15) is 0 Å². The first-order valence-electron chi connectivity index (χ1n) is 8.66. The van der Waals surface area contributed by atoms with Crippen molar-refractivity contribution in [1.82, 2.24) is 21.3 Å². The molecular formula is C16H29N5O6. The summed E-state index contributed by atoms with van der Waals surface area (Å²) in [6.07, 6.45) is 1.36. The van der Waals surface area contributed by atoms with Crippen LogP contribution in [0.4, 0.5) is 0 Å². The number of amides is 4. The SMILES string of the molecule is CC(C)CC(NC(=O)CNC=O)C(=O)NCC(=O)NCCCC(N)C(=O)O. The van der Waals surface area contributed by atoms with E-state index in [-0.39, 0.29) is 32.0 Å². The highest BCUT2D eigenvalue weighted by atomic mass is 16.4. The second-order valence-corrected chi connectivity index (χ2v) is 6.40. The molecule has 154 valence electrons. The second-order valence-electron chi connectivity index (χ2n) is 6.40. The largest absolute Gasteiger partial charge is 0.480 e. The fourth-order valence-electron chi connectivity index (χ4n) is 2.11. The number of hydrogen-bond acceptors (Lipinski definition) is 6. The van der Waals surface area contributed by atoms with Crippen LogP contribution in [0.3, 0.4) is 0 Å². The molecule has 4 amide bonds. The molecule has 0 aromatic heterocycles. The summed E-state index contributed by atoms with van der Waals surface area (Å²) < 4.78 is 0. The highest BCUT2D eigenvalue weighted by Crippen LogP contribution is 2.04. The zero-order valence-electron chi connectivity index (χ0n) is 15.6. The van der Waals surface area contributed by atoms with Gasteiger partial charge in [0, 0.05) is 6.54 Å². The van der Waals surface area contributed by atoms with Gasteiger partial charge in [0.25, 0.3) is 0 Å². The van der Waals surface area contributed by atoms with Gasteiger partial charge in [-0.15, -0.1) is 0 Å². The molecule has 0 aliphatic rings. The van der Waals surface area contributed by atoms with E-state index in [1.54, 1.807) is 0 Å². The number of carboxylic acids is 1. The van der Waals surface area contributed by atoms with Gasteiger partial charge in [-0.1, -0.05) is 13.8 Å². The minimum absolute atomic E-state index is 0.118. The van der Waals surface area contributed by atoms with Crippen LogP contribution in [0.25, 0.3) is 0 Å². The Morgan fingerprint density at radius 1 is 1.07 bits per heavy atom. The molecule has 0 radical (unpaired) electrons. The summed E-state index contributed by atoms with van der Waals surface area (Å²) in [4.78, 5) is 56.4. The van der Waals surface area contributed by atoms with Crippen LogP contribution < -0.4 is 27.0 Å². The normalized spacial score (nSPS) is 12.6. The van der Waals surface area contributed by atoms with E-state index in [4.69, 9.17) is 10.8 Å². The summed E-state index contributed by atoms with van der Waals surface area (Å²) in [5.41, 5.74) is 5.35. The van der Waals surface area contributed by atoms with Crippen molar-refractivity contribution in [1.29, 1.82) is 0 Å². The van der Waals surface area contributed by atoms with Crippen LogP contribution in [0.2, 0.25) is 0 Å². The van der Waals surface area contributed by atoms with Crippen LogP contribution in [0.15, 0.2) is 0 Å². The third-order valence-corrected chi connectivity index (χ3v) is 3.46. The summed E-state index contributed by atoms with van der Waals surface area (Å²) in [5, 5.41) is 18.3. The Kier molecular flexibility index (Phi) is 12.2. The van der Waals surface area contributed by atoms with Gasteiger partial charge >= 0.3 is 5.97 Å². The Balaban J connectivity index is 4.29. The second kappa shape index (κ2) is 13.5. The Morgan fingerprint density at radius 2 is 1.74 bits per heavy atom. The Morgan fingerprint density at radius 3 is 2.30 bits per heavy atom. The number of carboxylic acid groups (broad SMARTS) is 1. The molecule has 11 nitrogen and oxygen atoms in total. The van der Waals surface area contributed by atoms with Crippen molar-refractivity contribution in [2.24, 2.45) is 11.7 Å². The minimum Gasteiger partial charge on any atom is -0.480 e. The number of hydrogen-bond donors (Lipinski definition) is 6. The van der Waals surface area contributed by atoms with Crippen molar-refractivity contribution in [2.75, 3.05) is 19.6 Å². The van der Waals surface area contributed by atoms with Gasteiger partial charge in [0.05, 0.1) is 13.1 Å². The van der Waals surface area contributed by atoms with E-state index in [0.717, 1.165) is 0 Å². The van der Waals surface area contributed by atoms with Gasteiger partial charge in [-0.3, -0.25) is 24.0 Å². The number of nitrogens with two attached hydrogens (primary N) is 1. The first-order valence-corrected chi connectivity index (χ1v) is 8.66. The predicted octanol–water partition coefficient (Wildman–Crippen LogP) is -2.31. The Labute approximate surface area is 157 Å². The van der Waals surface area contributed by atoms with Crippen molar-refractivity contribution in [3.63, 3.8) is 0 Å². The smallest absolute Gasteiger partial charge is 0.320 e. The van der Waals surface area contributed by atoms with Crippen LogP contribution in [0.1, 0.15) is 33.1 Å². The van der Waals surface area contributed by atoms with Gasteiger partial charge in [-0.05, 0) is 25.2 Å². The van der Waals surface area contributed by atoms with Crippen LogP contribution in [0, 0.1) is 5.92 Å². The number of rotatable bonds is 14. The van der Waals surface area contributed by atoms with Crippen LogP contribution in [-0.4, -0.2) is 66.9 Å². The molecule has 0 saturated carbocycles. The number of nitrogens with one attached hydrogen (secondary N) is 4. The van der Waals surface area contributed by atoms with Crippen molar-refractivity contribution >= 4 is 30.1 Å². The third kappa shape index (κ3) is 12.3. The maximum atomic E-state index is 12.2. The van der Waals surface area contributed by atoms with Crippen molar-refractivity contribution < 1.29 is 29.1 Å². The van der Waals surface area contributed by atoms with E-state index in [9.17, 15) is 24.0 Å². The zero-order chi connectivity index (χ0) is 20.8. The summed E-state index contributed by atoms with van der Waals surface area (Å²) in [6, 6.07) is -1.80. The average Bonchev–Trinajstić information content (AvgIpc) is 2.60. The maximum Gasteiger partial charge on any atom is 0.320 e. The lowest BCUT2D eigenvalue weighted by Gasteiger charge is -2.20. The summed E-state index contributed by atoms with van der Waals surface area (Å²) >= 11 is 0. The molecule has 0 aliphatic heterocycles. The lowest BCUT2D eigenvalue weighted by molar-refractivity contribution is -0.138. The summed E-state index contributed by atoms with van der Waals surface area (Å²) in [7, 11) is 0. The van der Waals surface area contributed by atoms with Crippen molar-refractivity contribution in [2.45, 2.75) is 45.2 Å². The molecule has 0 spiro atoms. The van der Waals surface area contributed by atoms with Crippen molar-refractivity contribution in [3.8, 4) is 0 Å². The number of aliphatic carboxylic acids is 1. The first-order chi connectivity index (χ1) is 12.7. The molecule has 7 N–H and O–H groups in total. The maximum absolute atomic E-state index is 12.2. The average molecular weight is 387 g/mol. The van der Waals surface area contributed by atoms with Crippen LogP contribution in [-0.2, 0) is 24.0 Å². The topological polar surface area (TPSA) is 180 Å². The Bertz CT molecular complexity index is 525. The van der Waals surface area contributed by atoms with E-state index < -0.39 is 35.8 Å². The first kappa shape index (κ1) is 24.3. The summed E-state index contributed by atoms with van der Waals surface area (Å²) in [6.45, 7) is 3.47. The minimum atomic E-state index is -1.10. The highest BCUT2D eigenvalue weighted by molar-refractivity contribution is 5.91. The van der Waals surface area contributed by atoms with Crippen LogP contribution in [0.5, 0.6) is 0 Å². The van der Waals surface area contributed by atoms with E-state index in [2.05, 4.69) is 21.3 Å². The molecule has 0 rings (SSSR count). The van der Waals surface area contributed by atoms with E-state index in [1.165, 1.54) is 0 Å². The monoisotopic (exact) mass is 387 g/mol.